The van der Waals surface area contributed by atoms with Crippen molar-refractivity contribution in [1.29, 1.82) is 0 Å². The van der Waals surface area contributed by atoms with Crippen molar-refractivity contribution in [2.75, 3.05) is 13.1 Å². The molecule has 2 rings (SSSR count). The summed E-state index contributed by atoms with van der Waals surface area (Å²) < 4.78 is 59.8. The number of halogens is 3. The number of carboxylic acid groups (broad SMARTS) is 2. The highest BCUT2D eigenvalue weighted by molar-refractivity contribution is 7.87. The molecule has 1 saturated carbocycles. The third-order valence-corrected chi connectivity index (χ3v) is 6.28. The summed E-state index contributed by atoms with van der Waals surface area (Å²) >= 11 is 0. The first-order valence-electron chi connectivity index (χ1n) is 8.72. The van der Waals surface area contributed by atoms with Crippen molar-refractivity contribution in [2.45, 2.75) is 49.4 Å². The average molecular weight is 464 g/mol. The molecule has 0 unspecified atom stereocenters. The zero-order valence-electron chi connectivity index (χ0n) is 15.6. The largest absolute Gasteiger partial charge is 0.490 e. The second-order valence-electron chi connectivity index (χ2n) is 7.18. The quantitative estimate of drug-likeness (QED) is 0.188. The van der Waals surface area contributed by atoms with E-state index in [1.165, 1.54) is 0 Å². The van der Waals surface area contributed by atoms with Crippen molar-refractivity contribution in [2.24, 2.45) is 17.4 Å². The maximum atomic E-state index is 12.3. The molecule has 0 aromatic carbocycles. The van der Waals surface area contributed by atoms with E-state index in [1.807, 2.05) is 0 Å². The zero-order valence-corrected chi connectivity index (χ0v) is 16.4. The van der Waals surface area contributed by atoms with Crippen LogP contribution in [0.3, 0.4) is 0 Å². The fraction of sp³-hybridized carbons (Fsp3) is 0.846. The Balaban J connectivity index is 0.000000553. The molecule has 0 amide bonds. The molecule has 17 heteroatoms. The number of hydrogen-bond acceptors (Lipinski definition) is 8. The van der Waals surface area contributed by atoms with Crippen LogP contribution in [0.2, 0.25) is 6.32 Å². The van der Waals surface area contributed by atoms with Crippen molar-refractivity contribution in [3.05, 3.63) is 0 Å². The number of nitrogens with zero attached hydrogens (tertiary/aromatic N) is 1. The zero-order chi connectivity index (χ0) is 23.5. The summed E-state index contributed by atoms with van der Waals surface area (Å²) in [7, 11) is -5.33. The predicted octanol–water partition coefficient (Wildman–Crippen LogP) is -2.48. The standard InChI is InChI=1S/C11H23BN4O6S.C2HF3O2/c13-8-4-9(8)15-23(21,22)16-5-7(2-1-3-12(19)20)11(14,6-16)10(17)18;3-2(4,5)1(6)7/h7-9,15,19-20H,1-6,13-14H2,(H,17,18);(H,6,7)/t7-,8-,9+,11-;/m0./s1. The molecule has 174 valence electrons. The normalized spacial score (nSPS) is 29.1. The van der Waals surface area contributed by atoms with Crippen LogP contribution in [-0.2, 0) is 19.8 Å². The van der Waals surface area contributed by atoms with Gasteiger partial charge in [-0.2, -0.15) is 30.6 Å². The summed E-state index contributed by atoms with van der Waals surface area (Å²) in [6.45, 7) is -0.354. The molecule has 0 spiro atoms. The second-order valence-corrected chi connectivity index (χ2v) is 8.88. The molecule has 2 aliphatic rings. The van der Waals surface area contributed by atoms with Crippen LogP contribution >= 0.6 is 0 Å². The van der Waals surface area contributed by atoms with Gasteiger partial charge in [-0.25, -0.2) is 4.79 Å². The van der Waals surface area contributed by atoms with Crippen LogP contribution in [0, 0.1) is 5.92 Å². The number of alkyl halides is 3. The van der Waals surface area contributed by atoms with Crippen LogP contribution in [0.15, 0.2) is 0 Å². The van der Waals surface area contributed by atoms with E-state index in [1.54, 1.807) is 0 Å². The summed E-state index contributed by atoms with van der Waals surface area (Å²) in [5, 5.41) is 34.2. The highest BCUT2D eigenvalue weighted by Crippen LogP contribution is 2.32. The summed E-state index contributed by atoms with van der Waals surface area (Å²) in [5.41, 5.74) is 9.83. The van der Waals surface area contributed by atoms with Gasteiger partial charge in [-0.15, -0.1) is 0 Å². The van der Waals surface area contributed by atoms with Crippen molar-refractivity contribution in [3.8, 4) is 0 Å². The van der Waals surface area contributed by atoms with E-state index < -0.39 is 46.9 Å². The molecular weight excluding hydrogens is 440 g/mol. The molecule has 0 bridgehead atoms. The lowest BCUT2D eigenvalue weighted by Crippen LogP contribution is -2.55. The third-order valence-electron chi connectivity index (χ3n) is 4.73. The third kappa shape index (κ3) is 7.33. The first-order chi connectivity index (χ1) is 13.5. The first kappa shape index (κ1) is 26.5. The fourth-order valence-corrected chi connectivity index (χ4v) is 4.39. The van der Waals surface area contributed by atoms with E-state index >= 15 is 0 Å². The summed E-state index contributed by atoms with van der Waals surface area (Å²) in [6, 6.07) is -0.531. The number of nitrogens with one attached hydrogen (secondary N) is 1. The molecule has 1 heterocycles. The van der Waals surface area contributed by atoms with Crippen LogP contribution in [0.5, 0.6) is 0 Å². The summed E-state index contributed by atoms with van der Waals surface area (Å²) in [4.78, 5) is 20.4. The second kappa shape index (κ2) is 9.76. The summed E-state index contributed by atoms with van der Waals surface area (Å²) in [5.74, 6) is -4.64. The van der Waals surface area contributed by atoms with E-state index in [4.69, 9.17) is 31.4 Å². The van der Waals surface area contributed by atoms with Gasteiger partial charge in [0.05, 0.1) is 0 Å². The van der Waals surface area contributed by atoms with Crippen molar-refractivity contribution < 1.29 is 51.4 Å². The lowest BCUT2D eigenvalue weighted by atomic mass is 9.78. The predicted molar refractivity (Wildman–Crippen MR) is 96.0 cm³/mol. The van der Waals surface area contributed by atoms with E-state index in [-0.39, 0.29) is 37.9 Å². The molecule has 0 aromatic rings. The van der Waals surface area contributed by atoms with Gasteiger partial charge in [-0.1, -0.05) is 6.42 Å². The lowest BCUT2D eigenvalue weighted by Gasteiger charge is -2.25. The van der Waals surface area contributed by atoms with Gasteiger partial charge < -0.3 is 31.7 Å². The monoisotopic (exact) mass is 464 g/mol. The highest BCUT2D eigenvalue weighted by Gasteiger charge is 2.53. The Bertz CT molecular complexity index is 740. The minimum Gasteiger partial charge on any atom is -0.480 e. The Labute approximate surface area is 170 Å². The molecule has 2 fully saturated rings. The van der Waals surface area contributed by atoms with Gasteiger partial charge in [0.15, 0.2) is 0 Å². The molecule has 1 aliphatic heterocycles. The minimum atomic E-state index is -5.08. The highest BCUT2D eigenvalue weighted by atomic mass is 32.2. The van der Waals surface area contributed by atoms with E-state index in [2.05, 4.69) is 4.72 Å². The Morgan fingerprint density at radius 3 is 2.13 bits per heavy atom. The number of carbonyl (C=O) groups is 2. The molecule has 30 heavy (non-hydrogen) atoms. The topological polar surface area (TPSA) is 217 Å². The molecular formula is C13H24BF3N4O8S. The van der Waals surface area contributed by atoms with Gasteiger partial charge in [0.25, 0.3) is 10.2 Å². The maximum absolute atomic E-state index is 12.3. The SMILES string of the molecule is N[C@H]1C[C@H]1NS(=O)(=O)N1C[C@H](CCCB(O)O)[C@](N)(C(=O)O)C1.O=C(O)C(F)(F)F. The smallest absolute Gasteiger partial charge is 0.480 e. The van der Waals surface area contributed by atoms with E-state index in [9.17, 15) is 31.5 Å². The summed E-state index contributed by atoms with van der Waals surface area (Å²) in [6.07, 6.45) is -3.83. The van der Waals surface area contributed by atoms with Gasteiger partial charge in [-0.3, -0.25) is 4.79 Å². The van der Waals surface area contributed by atoms with Crippen LogP contribution in [0.4, 0.5) is 13.2 Å². The lowest BCUT2D eigenvalue weighted by molar-refractivity contribution is -0.192. The number of hydrogen-bond donors (Lipinski definition) is 7. The van der Waals surface area contributed by atoms with Crippen molar-refractivity contribution >= 4 is 29.3 Å². The molecule has 12 nitrogen and oxygen atoms in total. The Morgan fingerprint density at radius 1 is 1.27 bits per heavy atom. The fourth-order valence-electron chi connectivity index (χ4n) is 2.83. The molecule has 4 atom stereocenters. The van der Waals surface area contributed by atoms with Gasteiger partial charge in [0.2, 0.25) is 0 Å². The van der Waals surface area contributed by atoms with E-state index in [0.29, 0.717) is 12.8 Å². The van der Waals surface area contributed by atoms with Gasteiger partial charge in [0.1, 0.15) is 5.54 Å². The number of carboxylic acids is 2. The van der Waals surface area contributed by atoms with Crippen LogP contribution in [0.1, 0.15) is 19.3 Å². The number of nitrogens with two attached hydrogens (primary N) is 2. The number of aliphatic carboxylic acids is 2. The van der Waals surface area contributed by atoms with Crippen LogP contribution in [0.25, 0.3) is 0 Å². The van der Waals surface area contributed by atoms with Gasteiger partial charge >= 0.3 is 25.2 Å². The average Bonchev–Trinajstić information content (AvgIpc) is 3.12. The molecule has 9 N–H and O–H groups in total. The Kier molecular flexibility index (Phi) is 8.63. The van der Waals surface area contributed by atoms with Crippen molar-refractivity contribution in [1.82, 2.24) is 9.03 Å². The maximum Gasteiger partial charge on any atom is 0.490 e. The van der Waals surface area contributed by atoms with Gasteiger partial charge in [-0.05, 0) is 19.2 Å². The van der Waals surface area contributed by atoms with Crippen molar-refractivity contribution in [3.63, 3.8) is 0 Å². The van der Waals surface area contributed by atoms with Gasteiger partial charge in [0, 0.05) is 31.1 Å². The first-order valence-corrected chi connectivity index (χ1v) is 10.2. The number of rotatable bonds is 8. The molecule has 1 saturated heterocycles. The molecule has 0 radical (unpaired) electrons. The molecule has 0 aromatic heterocycles. The minimum absolute atomic E-state index is 0.0262. The van der Waals surface area contributed by atoms with Crippen LogP contribution in [-0.4, -0.2) is 88.9 Å². The Morgan fingerprint density at radius 2 is 1.77 bits per heavy atom. The molecule has 1 aliphatic carbocycles. The Hall–Kier alpha value is -1.50. The van der Waals surface area contributed by atoms with Crippen LogP contribution < -0.4 is 16.2 Å². The van der Waals surface area contributed by atoms with E-state index in [0.717, 1.165) is 4.31 Å².